The van der Waals surface area contributed by atoms with Gasteiger partial charge >= 0.3 is 0 Å². The molecule has 0 spiro atoms. The van der Waals surface area contributed by atoms with Gasteiger partial charge in [-0.15, -0.1) is 0 Å². The zero-order chi connectivity index (χ0) is 18.8. The lowest BCUT2D eigenvalue weighted by molar-refractivity contribution is 0.300. The summed E-state index contributed by atoms with van der Waals surface area (Å²) in [5.41, 5.74) is 0.157. The lowest BCUT2D eigenvalue weighted by atomic mass is 10.1. The van der Waals surface area contributed by atoms with Crippen molar-refractivity contribution in [3.8, 4) is 40.1 Å². The first-order valence-corrected chi connectivity index (χ1v) is 7.88. The van der Waals surface area contributed by atoms with Crippen LogP contribution in [-0.4, -0.2) is 31.0 Å². The summed E-state index contributed by atoms with van der Waals surface area (Å²) in [6, 6.07) is 7.56. The molecule has 0 aliphatic heterocycles. The molecule has 0 radical (unpaired) electrons. The zero-order valence-corrected chi connectivity index (χ0v) is 14.5. The van der Waals surface area contributed by atoms with Gasteiger partial charge in [0.1, 0.15) is 16.7 Å². The first kappa shape index (κ1) is 17.5. The Balaban J connectivity index is 2.21. The number of aromatic hydroxyl groups is 2. The average molecular weight is 358 g/mol. The number of hydrogen-bond donors (Lipinski definition) is 2. The van der Waals surface area contributed by atoms with Crippen molar-refractivity contribution in [3.05, 3.63) is 40.6 Å². The Morgan fingerprint density at radius 3 is 2.42 bits per heavy atom. The van der Waals surface area contributed by atoms with E-state index < -0.39 is 11.2 Å². The molecule has 0 aliphatic rings. The lowest BCUT2D eigenvalue weighted by Crippen LogP contribution is -2.03. The third kappa shape index (κ3) is 2.88. The number of rotatable bonds is 5. The summed E-state index contributed by atoms with van der Waals surface area (Å²) in [4.78, 5) is 12.5. The number of phenolic OH excluding ortho intramolecular Hbond substituents is 2. The Hall–Kier alpha value is -3.35. The highest BCUT2D eigenvalue weighted by Crippen LogP contribution is 2.42. The van der Waals surface area contributed by atoms with Crippen LogP contribution in [0.25, 0.3) is 22.3 Å². The first-order valence-electron chi connectivity index (χ1n) is 7.88. The maximum absolute atomic E-state index is 12.5. The topological polar surface area (TPSA) is 98.4 Å². The summed E-state index contributed by atoms with van der Waals surface area (Å²) in [5.74, 6) is 0.359. The minimum atomic E-state index is -0.463. The molecule has 2 aromatic carbocycles. The summed E-state index contributed by atoms with van der Waals surface area (Å²) < 4.78 is 21.4. The average Bonchev–Trinajstić information content (AvgIpc) is 2.63. The Morgan fingerprint density at radius 1 is 1.04 bits per heavy atom. The smallest absolute Gasteiger partial charge is 0.204 e. The fraction of sp³-hybridized carbons (Fsp3) is 0.211. The van der Waals surface area contributed by atoms with E-state index in [1.54, 1.807) is 25.1 Å². The van der Waals surface area contributed by atoms with Crippen LogP contribution >= 0.6 is 0 Å². The molecule has 7 heteroatoms. The van der Waals surface area contributed by atoms with Crippen molar-refractivity contribution in [2.75, 3.05) is 20.8 Å². The second kappa shape index (κ2) is 6.87. The fourth-order valence-corrected chi connectivity index (χ4v) is 2.69. The van der Waals surface area contributed by atoms with E-state index in [1.165, 1.54) is 26.4 Å². The van der Waals surface area contributed by atoms with Crippen LogP contribution in [0.1, 0.15) is 6.92 Å². The second-order valence-electron chi connectivity index (χ2n) is 5.42. The van der Waals surface area contributed by atoms with E-state index in [1.807, 2.05) is 0 Å². The van der Waals surface area contributed by atoms with Crippen molar-refractivity contribution < 1.29 is 28.8 Å². The molecule has 3 rings (SSSR count). The van der Waals surface area contributed by atoms with Gasteiger partial charge in [-0.25, -0.2) is 0 Å². The standard InChI is InChI=1S/C19H18O7/c1-4-25-19-12(21)9-16-17(18(19)22)11(20)8-14(26-16)10-5-6-13(23-2)15(7-10)24-3/h5-9,21-22H,4H2,1-3H3. The summed E-state index contributed by atoms with van der Waals surface area (Å²) in [6.45, 7) is 1.92. The van der Waals surface area contributed by atoms with E-state index in [-0.39, 0.29) is 34.8 Å². The summed E-state index contributed by atoms with van der Waals surface area (Å²) in [5, 5.41) is 20.3. The molecule has 2 N–H and O–H groups in total. The number of methoxy groups -OCH3 is 2. The number of phenols is 2. The van der Waals surface area contributed by atoms with Gasteiger partial charge in [0, 0.05) is 17.7 Å². The van der Waals surface area contributed by atoms with E-state index in [9.17, 15) is 15.0 Å². The molecular formula is C19H18O7. The van der Waals surface area contributed by atoms with Crippen LogP contribution in [0.15, 0.2) is 39.5 Å². The highest BCUT2D eigenvalue weighted by Gasteiger charge is 2.19. The Kier molecular flexibility index (Phi) is 4.62. The predicted octanol–water partition coefficient (Wildman–Crippen LogP) is 3.29. The van der Waals surface area contributed by atoms with E-state index >= 15 is 0 Å². The largest absolute Gasteiger partial charge is 0.504 e. The van der Waals surface area contributed by atoms with Crippen molar-refractivity contribution in [3.63, 3.8) is 0 Å². The van der Waals surface area contributed by atoms with Gasteiger partial charge in [0.25, 0.3) is 0 Å². The number of ether oxygens (including phenoxy) is 3. The zero-order valence-electron chi connectivity index (χ0n) is 14.5. The van der Waals surface area contributed by atoms with Gasteiger partial charge in [0.15, 0.2) is 28.4 Å². The maximum atomic E-state index is 12.5. The highest BCUT2D eigenvalue weighted by atomic mass is 16.5. The van der Waals surface area contributed by atoms with Crippen LogP contribution in [-0.2, 0) is 0 Å². The molecule has 0 saturated heterocycles. The third-order valence-corrected chi connectivity index (χ3v) is 3.88. The van der Waals surface area contributed by atoms with Crippen LogP contribution < -0.4 is 19.6 Å². The van der Waals surface area contributed by atoms with Crippen molar-refractivity contribution in [2.45, 2.75) is 6.92 Å². The van der Waals surface area contributed by atoms with Gasteiger partial charge in [-0.3, -0.25) is 4.79 Å². The molecule has 7 nitrogen and oxygen atoms in total. The van der Waals surface area contributed by atoms with Gasteiger partial charge in [-0.05, 0) is 25.1 Å². The minimum Gasteiger partial charge on any atom is -0.504 e. The molecule has 3 aromatic rings. The second-order valence-corrected chi connectivity index (χ2v) is 5.42. The molecule has 26 heavy (non-hydrogen) atoms. The predicted molar refractivity (Wildman–Crippen MR) is 95.5 cm³/mol. The highest BCUT2D eigenvalue weighted by molar-refractivity contribution is 5.89. The Labute approximate surface area is 149 Å². The molecule has 0 atom stereocenters. The molecule has 1 aromatic heterocycles. The summed E-state index contributed by atoms with van der Waals surface area (Å²) in [7, 11) is 3.03. The van der Waals surface area contributed by atoms with Gasteiger partial charge in [0.2, 0.25) is 5.75 Å². The van der Waals surface area contributed by atoms with Crippen LogP contribution in [0.3, 0.4) is 0 Å². The Bertz CT molecular complexity index is 1020. The van der Waals surface area contributed by atoms with Crippen LogP contribution in [0.4, 0.5) is 0 Å². The molecule has 0 fully saturated rings. The molecule has 0 bridgehead atoms. The molecule has 0 unspecified atom stereocenters. The van der Waals surface area contributed by atoms with Crippen molar-refractivity contribution >= 4 is 11.0 Å². The quantitative estimate of drug-likeness (QED) is 0.722. The van der Waals surface area contributed by atoms with Gasteiger partial charge < -0.3 is 28.8 Å². The van der Waals surface area contributed by atoms with Crippen molar-refractivity contribution in [2.24, 2.45) is 0 Å². The number of hydrogen-bond acceptors (Lipinski definition) is 7. The normalized spacial score (nSPS) is 10.7. The third-order valence-electron chi connectivity index (χ3n) is 3.88. The SMILES string of the molecule is CCOc1c(O)cc2oc(-c3ccc(OC)c(OC)c3)cc(=O)c2c1O. The minimum absolute atomic E-state index is 0.0423. The molecular weight excluding hydrogens is 340 g/mol. The molecule has 0 aliphatic carbocycles. The van der Waals surface area contributed by atoms with E-state index in [0.717, 1.165) is 0 Å². The molecule has 0 amide bonds. The molecule has 1 heterocycles. The first-order chi connectivity index (χ1) is 12.5. The summed E-state index contributed by atoms with van der Waals surface area (Å²) in [6.07, 6.45) is 0. The lowest BCUT2D eigenvalue weighted by Gasteiger charge is -2.12. The monoisotopic (exact) mass is 358 g/mol. The van der Waals surface area contributed by atoms with E-state index in [4.69, 9.17) is 18.6 Å². The summed E-state index contributed by atoms with van der Waals surface area (Å²) >= 11 is 0. The van der Waals surface area contributed by atoms with E-state index in [2.05, 4.69) is 0 Å². The molecule has 0 saturated carbocycles. The van der Waals surface area contributed by atoms with Crippen LogP contribution in [0, 0.1) is 0 Å². The van der Waals surface area contributed by atoms with Gasteiger partial charge in [0.05, 0.1) is 20.8 Å². The number of fused-ring (bicyclic) bond motifs is 1. The van der Waals surface area contributed by atoms with Crippen molar-refractivity contribution in [1.29, 1.82) is 0 Å². The van der Waals surface area contributed by atoms with Crippen LogP contribution in [0.2, 0.25) is 0 Å². The van der Waals surface area contributed by atoms with Gasteiger partial charge in [-0.2, -0.15) is 0 Å². The van der Waals surface area contributed by atoms with Gasteiger partial charge in [-0.1, -0.05) is 0 Å². The number of benzene rings is 2. The fourth-order valence-electron chi connectivity index (χ4n) is 2.69. The van der Waals surface area contributed by atoms with Crippen LogP contribution in [0.5, 0.6) is 28.7 Å². The molecule has 136 valence electrons. The van der Waals surface area contributed by atoms with Crippen molar-refractivity contribution in [1.82, 2.24) is 0 Å². The Morgan fingerprint density at radius 2 is 1.77 bits per heavy atom. The maximum Gasteiger partial charge on any atom is 0.204 e. The van der Waals surface area contributed by atoms with E-state index in [0.29, 0.717) is 17.1 Å².